The number of benzene rings is 1. The van der Waals surface area contributed by atoms with Gasteiger partial charge in [-0.25, -0.2) is 4.79 Å². The Bertz CT molecular complexity index is 888. The average molecular weight is 453 g/mol. The van der Waals surface area contributed by atoms with E-state index in [-0.39, 0.29) is 12.0 Å². The van der Waals surface area contributed by atoms with Crippen molar-refractivity contribution in [1.29, 1.82) is 0 Å². The van der Waals surface area contributed by atoms with Crippen molar-refractivity contribution in [2.75, 3.05) is 26.7 Å². The predicted octanol–water partition coefficient (Wildman–Crippen LogP) is 4.03. The number of aliphatic hydroxyl groups is 1. The van der Waals surface area contributed by atoms with Gasteiger partial charge < -0.3 is 14.3 Å². The Balaban J connectivity index is 1.41. The molecule has 6 nitrogen and oxygen atoms in total. The molecule has 3 atom stereocenters. The number of rotatable bonds is 8. The van der Waals surface area contributed by atoms with Crippen molar-refractivity contribution in [3.63, 3.8) is 0 Å². The summed E-state index contributed by atoms with van der Waals surface area (Å²) in [6, 6.07) is 9.43. The molecule has 6 heteroatoms. The summed E-state index contributed by atoms with van der Waals surface area (Å²) in [5.74, 6) is -0.545. The SMILES string of the molecule is C[N+]1(CCCc2cnccn2)CCCC(OC(=O)C(O)(c2ccccc2)C2CCCCC2)C1. The third kappa shape index (κ3) is 5.79. The average Bonchev–Trinajstić information content (AvgIpc) is 2.85. The Morgan fingerprint density at radius 3 is 2.64 bits per heavy atom. The Morgan fingerprint density at radius 2 is 1.91 bits per heavy atom. The highest BCUT2D eigenvalue weighted by molar-refractivity contribution is 5.81. The largest absolute Gasteiger partial charge is 0.454 e. The smallest absolute Gasteiger partial charge is 0.343 e. The fourth-order valence-electron chi connectivity index (χ4n) is 5.75. The fourth-order valence-corrected chi connectivity index (χ4v) is 5.75. The Morgan fingerprint density at radius 1 is 1.12 bits per heavy atom. The maximum Gasteiger partial charge on any atom is 0.343 e. The van der Waals surface area contributed by atoms with Gasteiger partial charge in [-0.2, -0.15) is 0 Å². The van der Waals surface area contributed by atoms with Gasteiger partial charge in [0.25, 0.3) is 0 Å². The highest BCUT2D eigenvalue weighted by Gasteiger charge is 2.48. The van der Waals surface area contributed by atoms with E-state index in [0.717, 1.165) is 81.2 Å². The molecule has 1 aromatic heterocycles. The molecule has 0 bridgehead atoms. The first kappa shape index (κ1) is 23.8. The molecule has 3 unspecified atom stereocenters. The number of hydrogen-bond donors (Lipinski definition) is 1. The van der Waals surface area contributed by atoms with E-state index in [1.54, 1.807) is 12.4 Å². The Labute approximate surface area is 197 Å². The van der Waals surface area contributed by atoms with Crippen LogP contribution in [0.2, 0.25) is 0 Å². The summed E-state index contributed by atoms with van der Waals surface area (Å²) < 4.78 is 6.98. The van der Waals surface area contributed by atoms with E-state index in [9.17, 15) is 9.90 Å². The van der Waals surface area contributed by atoms with Crippen LogP contribution >= 0.6 is 0 Å². The molecule has 1 saturated carbocycles. The molecule has 2 heterocycles. The number of aromatic nitrogens is 2. The monoisotopic (exact) mass is 452 g/mol. The summed E-state index contributed by atoms with van der Waals surface area (Å²) in [5, 5.41) is 11.8. The normalized spacial score (nSPS) is 25.8. The molecule has 2 fully saturated rings. The molecule has 1 N–H and O–H groups in total. The van der Waals surface area contributed by atoms with Crippen LogP contribution in [0.25, 0.3) is 0 Å². The van der Waals surface area contributed by atoms with E-state index in [1.165, 1.54) is 6.42 Å². The van der Waals surface area contributed by atoms with Crippen molar-refractivity contribution in [3.8, 4) is 0 Å². The van der Waals surface area contributed by atoms with E-state index >= 15 is 0 Å². The Kier molecular flexibility index (Phi) is 7.76. The maximum absolute atomic E-state index is 13.5. The van der Waals surface area contributed by atoms with Gasteiger partial charge >= 0.3 is 5.97 Å². The van der Waals surface area contributed by atoms with Crippen LogP contribution in [-0.2, 0) is 21.6 Å². The molecule has 1 saturated heterocycles. The van der Waals surface area contributed by atoms with Crippen molar-refractivity contribution >= 4 is 5.97 Å². The molecule has 1 aliphatic carbocycles. The quantitative estimate of drug-likeness (QED) is 0.484. The summed E-state index contributed by atoms with van der Waals surface area (Å²) in [6.07, 6.45) is 13.9. The van der Waals surface area contributed by atoms with E-state index in [0.29, 0.717) is 5.56 Å². The molecule has 1 aromatic carbocycles. The van der Waals surface area contributed by atoms with Gasteiger partial charge in [-0.15, -0.1) is 0 Å². The number of aryl methyl sites for hydroxylation is 1. The lowest BCUT2D eigenvalue weighted by molar-refractivity contribution is -0.917. The molecule has 33 heavy (non-hydrogen) atoms. The lowest BCUT2D eigenvalue weighted by Crippen LogP contribution is -2.55. The molecule has 4 rings (SSSR count). The molecule has 0 amide bonds. The van der Waals surface area contributed by atoms with Gasteiger partial charge in [0.1, 0.15) is 6.54 Å². The standard InChI is InChI=1S/C27H38N3O3/c1-30(18-8-14-24-20-28-16-17-29-24)19-9-15-25(21-30)33-26(31)27(32,22-10-4-2-5-11-22)23-12-6-3-7-13-23/h2,4-5,10-11,16-17,20,23,25,32H,3,6-9,12-15,18-19,21H2,1H3/q+1. The van der Waals surface area contributed by atoms with Crippen LogP contribution in [0.4, 0.5) is 0 Å². The number of ether oxygens (including phenoxy) is 1. The van der Waals surface area contributed by atoms with Crippen molar-refractivity contribution in [3.05, 3.63) is 60.2 Å². The fraction of sp³-hybridized carbons (Fsp3) is 0.593. The van der Waals surface area contributed by atoms with Crippen LogP contribution in [0.5, 0.6) is 0 Å². The van der Waals surface area contributed by atoms with Crippen LogP contribution in [0, 0.1) is 5.92 Å². The topological polar surface area (TPSA) is 72.3 Å². The van der Waals surface area contributed by atoms with Gasteiger partial charge in [0, 0.05) is 37.4 Å². The van der Waals surface area contributed by atoms with Crippen LogP contribution < -0.4 is 0 Å². The minimum absolute atomic E-state index is 0.0856. The first-order chi connectivity index (χ1) is 16.0. The zero-order chi connectivity index (χ0) is 23.2. The highest BCUT2D eigenvalue weighted by Crippen LogP contribution is 2.41. The van der Waals surface area contributed by atoms with Gasteiger partial charge in [-0.3, -0.25) is 9.97 Å². The second-order valence-corrected chi connectivity index (χ2v) is 10.2. The van der Waals surface area contributed by atoms with Crippen molar-refractivity contribution in [2.24, 2.45) is 5.92 Å². The van der Waals surface area contributed by atoms with Crippen molar-refractivity contribution in [1.82, 2.24) is 9.97 Å². The van der Waals surface area contributed by atoms with Gasteiger partial charge in [-0.05, 0) is 31.2 Å². The second kappa shape index (κ2) is 10.7. The van der Waals surface area contributed by atoms with E-state index in [1.807, 2.05) is 36.5 Å². The zero-order valence-corrected chi connectivity index (χ0v) is 19.9. The predicted molar refractivity (Wildman–Crippen MR) is 127 cm³/mol. The molecular formula is C27H38N3O3+. The molecular weight excluding hydrogens is 414 g/mol. The van der Waals surface area contributed by atoms with Gasteiger partial charge in [-0.1, -0.05) is 49.6 Å². The number of nitrogens with zero attached hydrogens (tertiary/aromatic N) is 3. The van der Waals surface area contributed by atoms with E-state index < -0.39 is 11.6 Å². The number of esters is 1. The third-order valence-corrected chi connectivity index (χ3v) is 7.61. The number of quaternary nitrogens is 1. The number of carbonyl (C=O) groups is 1. The maximum atomic E-state index is 13.5. The van der Waals surface area contributed by atoms with E-state index in [2.05, 4.69) is 17.0 Å². The van der Waals surface area contributed by atoms with Crippen LogP contribution in [0.3, 0.4) is 0 Å². The summed E-state index contributed by atoms with van der Waals surface area (Å²) in [7, 11) is 2.25. The highest BCUT2D eigenvalue weighted by atomic mass is 16.6. The molecule has 0 radical (unpaired) electrons. The number of hydrogen-bond acceptors (Lipinski definition) is 5. The number of likely N-dealkylation sites (tertiary alicyclic amines) is 1. The molecule has 178 valence electrons. The van der Waals surface area contributed by atoms with E-state index in [4.69, 9.17) is 4.74 Å². The minimum atomic E-state index is -1.56. The second-order valence-electron chi connectivity index (χ2n) is 10.2. The van der Waals surface area contributed by atoms with Gasteiger partial charge in [0.05, 0.1) is 25.8 Å². The molecule has 0 spiro atoms. The minimum Gasteiger partial charge on any atom is -0.454 e. The molecule has 2 aromatic rings. The van der Waals surface area contributed by atoms with Crippen LogP contribution in [-0.4, -0.2) is 58.3 Å². The number of likely N-dealkylation sites (N-methyl/N-ethyl adjacent to an activating group) is 1. The van der Waals surface area contributed by atoms with Crippen molar-refractivity contribution < 1.29 is 19.1 Å². The molecule has 1 aliphatic heterocycles. The van der Waals surface area contributed by atoms with Gasteiger partial charge in [0.15, 0.2) is 11.7 Å². The molecule has 2 aliphatic rings. The summed E-state index contributed by atoms with van der Waals surface area (Å²) >= 11 is 0. The zero-order valence-electron chi connectivity index (χ0n) is 19.9. The van der Waals surface area contributed by atoms with Crippen molar-refractivity contribution in [2.45, 2.75) is 69.5 Å². The lowest BCUT2D eigenvalue weighted by atomic mass is 9.73. The third-order valence-electron chi connectivity index (χ3n) is 7.61. The lowest BCUT2D eigenvalue weighted by Gasteiger charge is -2.42. The first-order valence-corrected chi connectivity index (χ1v) is 12.6. The number of carbonyl (C=O) groups excluding carboxylic acids is 1. The van der Waals surface area contributed by atoms with Crippen LogP contribution in [0.15, 0.2) is 48.9 Å². The summed E-state index contributed by atoms with van der Waals surface area (Å²) in [6.45, 7) is 2.89. The van der Waals surface area contributed by atoms with Crippen LogP contribution in [0.1, 0.15) is 62.6 Å². The first-order valence-electron chi connectivity index (χ1n) is 12.6. The summed E-state index contributed by atoms with van der Waals surface area (Å²) in [5.41, 5.74) is 0.123. The summed E-state index contributed by atoms with van der Waals surface area (Å²) in [4.78, 5) is 22.1. The van der Waals surface area contributed by atoms with Gasteiger partial charge in [0.2, 0.25) is 0 Å². The Hall–Kier alpha value is -2.31. The number of piperidine rings is 1.